The van der Waals surface area contributed by atoms with Gasteiger partial charge in [-0.25, -0.2) is 14.0 Å². The molecule has 5 nitrogen and oxygen atoms in total. The molecule has 26 heavy (non-hydrogen) atoms. The van der Waals surface area contributed by atoms with Gasteiger partial charge in [0.1, 0.15) is 5.82 Å². The van der Waals surface area contributed by atoms with Gasteiger partial charge in [-0.05, 0) is 39.8 Å². The molecule has 0 bridgehead atoms. The fourth-order valence-electron chi connectivity index (χ4n) is 3.00. The van der Waals surface area contributed by atoms with Crippen molar-refractivity contribution in [3.63, 3.8) is 0 Å². The lowest BCUT2D eigenvalue weighted by Gasteiger charge is -2.30. The number of rotatable bonds is 5. The molecule has 1 aliphatic rings. The molecule has 0 spiro atoms. The Morgan fingerprint density at radius 3 is 2.00 bits per heavy atom. The number of carbonyl (C=O) groups is 2. The molecule has 140 valence electrons. The van der Waals surface area contributed by atoms with E-state index in [4.69, 9.17) is 9.47 Å². The van der Waals surface area contributed by atoms with Gasteiger partial charge in [0.25, 0.3) is 0 Å². The molecule has 0 aromatic heterocycles. The van der Waals surface area contributed by atoms with E-state index in [-0.39, 0.29) is 29.9 Å². The maximum absolute atomic E-state index is 14.7. The normalized spacial score (nSPS) is 15.0. The number of esters is 2. The SMILES string of the molecule is CCOC(=O)C1=C(C)NC(C)=C(C(=O)OCC)C1c1ccc(Br)cc1F. The molecule has 1 aliphatic heterocycles. The van der Waals surface area contributed by atoms with Crippen LogP contribution >= 0.6 is 15.9 Å². The van der Waals surface area contributed by atoms with Crippen molar-refractivity contribution in [2.75, 3.05) is 13.2 Å². The highest BCUT2D eigenvalue weighted by Gasteiger charge is 2.39. The fourth-order valence-corrected chi connectivity index (χ4v) is 3.33. The van der Waals surface area contributed by atoms with Crippen molar-refractivity contribution in [2.45, 2.75) is 33.6 Å². The predicted molar refractivity (Wildman–Crippen MR) is 98.6 cm³/mol. The largest absolute Gasteiger partial charge is 0.463 e. The van der Waals surface area contributed by atoms with Gasteiger partial charge in [0.2, 0.25) is 0 Å². The lowest BCUT2D eigenvalue weighted by atomic mass is 9.80. The van der Waals surface area contributed by atoms with E-state index in [1.165, 1.54) is 6.07 Å². The molecule has 0 fully saturated rings. The highest BCUT2D eigenvalue weighted by atomic mass is 79.9. The minimum Gasteiger partial charge on any atom is -0.463 e. The molecule has 0 amide bonds. The lowest BCUT2D eigenvalue weighted by Crippen LogP contribution is -2.33. The van der Waals surface area contributed by atoms with Crippen molar-refractivity contribution in [2.24, 2.45) is 0 Å². The summed E-state index contributed by atoms with van der Waals surface area (Å²) in [6, 6.07) is 4.51. The van der Waals surface area contributed by atoms with Gasteiger partial charge in [-0.3, -0.25) is 0 Å². The van der Waals surface area contributed by atoms with E-state index in [2.05, 4.69) is 21.2 Å². The Balaban J connectivity index is 2.69. The topological polar surface area (TPSA) is 64.6 Å². The van der Waals surface area contributed by atoms with E-state index in [0.717, 1.165) is 0 Å². The zero-order chi connectivity index (χ0) is 19.4. The van der Waals surface area contributed by atoms with Crippen LogP contribution in [0.5, 0.6) is 0 Å². The van der Waals surface area contributed by atoms with E-state index < -0.39 is 23.7 Å². The molecule has 0 saturated carbocycles. The zero-order valence-electron chi connectivity index (χ0n) is 15.1. The first-order chi connectivity index (χ1) is 12.3. The van der Waals surface area contributed by atoms with Crippen LogP contribution in [0.4, 0.5) is 4.39 Å². The summed E-state index contributed by atoms with van der Waals surface area (Å²) < 4.78 is 25.6. The Morgan fingerprint density at radius 2 is 1.58 bits per heavy atom. The average molecular weight is 426 g/mol. The third kappa shape index (κ3) is 3.98. The molecular weight excluding hydrogens is 405 g/mol. The van der Waals surface area contributed by atoms with Crippen molar-refractivity contribution < 1.29 is 23.5 Å². The second kappa shape index (κ2) is 8.49. The molecule has 0 saturated heterocycles. The number of allylic oxidation sites excluding steroid dienone is 2. The van der Waals surface area contributed by atoms with Crippen molar-refractivity contribution in [3.8, 4) is 0 Å². The summed E-state index contributed by atoms with van der Waals surface area (Å²) in [6.07, 6.45) is 0. The number of nitrogens with one attached hydrogen (secondary N) is 1. The van der Waals surface area contributed by atoms with Gasteiger partial charge in [-0.2, -0.15) is 0 Å². The highest BCUT2D eigenvalue weighted by Crippen LogP contribution is 2.40. The maximum atomic E-state index is 14.7. The number of benzene rings is 1. The smallest absolute Gasteiger partial charge is 0.336 e. The summed E-state index contributed by atoms with van der Waals surface area (Å²) >= 11 is 3.22. The van der Waals surface area contributed by atoms with Crippen molar-refractivity contribution >= 4 is 27.9 Å². The molecule has 1 aromatic carbocycles. The van der Waals surface area contributed by atoms with E-state index in [9.17, 15) is 14.0 Å². The molecule has 0 unspecified atom stereocenters. The second-order valence-corrected chi connectivity index (χ2v) is 6.66. The summed E-state index contributed by atoms with van der Waals surface area (Å²) in [5.41, 5.74) is 1.63. The minimum atomic E-state index is -0.914. The first kappa shape index (κ1) is 20.2. The van der Waals surface area contributed by atoms with Crippen LogP contribution in [0.15, 0.2) is 45.2 Å². The lowest BCUT2D eigenvalue weighted by molar-refractivity contribution is -0.139. The van der Waals surface area contributed by atoms with Crippen LogP contribution in [0.1, 0.15) is 39.2 Å². The Morgan fingerprint density at radius 1 is 1.08 bits per heavy atom. The van der Waals surface area contributed by atoms with Gasteiger partial charge in [0, 0.05) is 21.4 Å². The molecule has 2 rings (SSSR count). The summed E-state index contributed by atoms with van der Waals surface area (Å²) in [4.78, 5) is 25.2. The van der Waals surface area contributed by atoms with E-state index in [0.29, 0.717) is 15.9 Å². The quantitative estimate of drug-likeness (QED) is 0.723. The van der Waals surface area contributed by atoms with Crippen molar-refractivity contribution in [1.29, 1.82) is 0 Å². The standard InChI is InChI=1S/C19H21BrFNO4/c1-5-25-18(23)15-10(3)22-11(4)16(19(24)26-6-2)17(15)13-8-7-12(20)9-14(13)21/h7-9,17,22H,5-6H2,1-4H3. The van der Waals surface area contributed by atoms with Gasteiger partial charge in [0.05, 0.1) is 30.3 Å². The zero-order valence-corrected chi connectivity index (χ0v) is 16.7. The van der Waals surface area contributed by atoms with Crippen LogP contribution in [0.3, 0.4) is 0 Å². The van der Waals surface area contributed by atoms with E-state index in [1.807, 2.05) is 0 Å². The van der Waals surface area contributed by atoms with Crippen LogP contribution < -0.4 is 5.32 Å². The third-order valence-electron chi connectivity index (χ3n) is 4.02. The molecule has 0 radical (unpaired) electrons. The monoisotopic (exact) mass is 425 g/mol. The van der Waals surface area contributed by atoms with Crippen LogP contribution in [-0.2, 0) is 19.1 Å². The van der Waals surface area contributed by atoms with Crippen LogP contribution in [0, 0.1) is 5.82 Å². The molecule has 1 N–H and O–H groups in total. The van der Waals surface area contributed by atoms with Crippen LogP contribution in [0.2, 0.25) is 0 Å². The Bertz CT molecular complexity index is 761. The molecule has 1 aromatic rings. The van der Waals surface area contributed by atoms with Crippen molar-refractivity contribution in [3.05, 3.63) is 56.6 Å². The number of carbonyl (C=O) groups excluding carboxylic acids is 2. The number of dihydropyridines is 1. The Labute approximate surface area is 160 Å². The van der Waals surface area contributed by atoms with Crippen LogP contribution in [-0.4, -0.2) is 25.2 Å². The fraction of sp³-hybridized carbons (Fsp3) is 0.368. The highest BCUT2D eigenvalue weighted by molar-refractivity contribution is 9.10. The van der Waals surface area contributed by atoms with Gasteiger partial charge in [-0.15, -0.1) is 0 Å². The van der Waals surface area contributed by atoms with Crippen molar-refractivity contribution in [1.82, 2.24) is 5.32 Å². The van der Waals surface area contributed by atoms with Crippen LogP contribution in [0.25, 0.3) is 0 Å². The predicted octanol–water partition coefficient (Wildman–Crippen LogP) is 3.95. The number of ether oxygens (including phenoxy) is 2. The summed E-state index contributed by atoms with van der Waals surface area (Å²) in [7, 11) is 0. The van der Waals surface area contributed by atoms with E-state index >= 15 is 0 Å². The Kier molecular flexibility index (Phi) is 6.58. The van der Waals surface area contributed by atoms with Gasteiger partial charge in [0.15, 0.2) is 0 Å². The molecule has 0 aliphatic carbocycles. The van der Waals surface area contributed by atoms with Gasteiger partial charge < -0.3 is 14.8 Å². The summed E-state index contributed by atoms with van der Waals surface area (Å²) in [5, 5.41) is 3.01. The first-order valence-electron chi connectivity index (χ1n) is 8.29. The molecule has 0 atom stereocenters. The van der Waals surface area contributed by atoms with Gasteiger partial charge in [-0.1, -0.05) is 22.0 Å². The maximum Gasteiger partial charge on any atom is 0.336 e. The molecule has 1 heterocycles. The number of hydrogen-bond donors (Lipinski definition) is 1. The molecular formula is C19H21BrFNO4. The van der Waals surface area contributed by atoms with E-state index in [1.54, 1.807) is 39.8 Å². The summed E-state index contributed by atoms with van der Waals surface area (Å²) in [6.45, 7) is 7.10. The summed E-state index contributed by atoms with van der Waals surface area (Å²) in [5.74, 6) is -2.64. The number of halogens is 2. The third-order valence-corrected chi connectivity index (χ3v) is 4.52. The second-order valence-electron chi connectivity index (χ2n) is 5.74. The van der Waals surface area contributed by atoms with Gasteiger partial charge >= 0.3 is 11.9 Å². The average Bonchev–Trinajstić information content (AvgIpc) is 2.54. The first-order valence-corrected chi connectivity index (χ1v) is 9.08. The molecule has 7 heteroatoms. The number of hydrogen-bond acceptors (Lipinski definition) is 5. The minimum absolute atomic E-state index is 0.169. The Hall–Kier alpha value is -2.15.